The zero-order valence-electron chi connectivity index (χ0n) is 6.75. The molecule has 1 heteroatoms. The van der Waals surface area contributed by atoms with Crippen molar-refractivity contribution in [1.82, 2.24) is 0 Å². The summed E-state index contributed by atoms with van der Waals surface area (Å²) in [6.07, 6.45) is 1.81. The second-order valence-electron chi connectivity index (χ2n) is 2.25. The Hall–Kier alpha value is -1.13. The highest BCUT2D eigenvalue weighted by Gasteiger charge is 1.91. The van der Waals surface area contributed by atoms with Gasteiger partial charge in [0.25, 0.3) is 0 Å². The van der Waals surface area contributed by atoms with Crippen LogP contribution in [-0.4, -0.2) is 5.75 Å². The fourth-order valence-corrected chi connectivity index (χ4v) is 1.00. The topological polar surface area (TPSA) is 0 Å². The highest BCUT2D eigenvalue weighted by Crippen LogP contribution is 2.07. The third-order valence-electron chi connectivity index (χ3n) is 1.48. The summed E-state index contributed by atoms with van der Waals surface area (Å²) in [5.41, 5.74) is 2.09. The maximum absolute atomic E-state index is 4.01. The van der Waals surface area contributed by atoms with Crippen molar-refractivity contribution in [3.05, 3.63) is 42.0 Å². The summed E-state index contributed by atoms with van der Waals surface area (Å²) in [5, 5.41) is 0. The highest BCUT2D eigenvalue weighted by atomic mass is 32.1. The summed E-state index contributed by atoms with van der Waals surface area (Å²) in [6, 6.07) is 7.92. The molecule has 0 aliphatic rings. The lowest BCUT2D eigenvalue weighted by molar-refractivity contribution is 1.60. The van der Waals surface area contributed by atoms with Gasteiger partial charge in [-0.3, -0.25) is 0 Å². The van der Waals surface area contributed by atoms with Crippen LogP contribution in [0.3, 0.4) is 0 Å². The molecule has 0 aliphatic carbocycles. The summed E-state index contributed by atoms with van der Waals surface area (Å²) in [5.74, 6) is 6.51. The van der Waals surface area contributed by atoms with Crippen LogP contribution in [0.2, 0.25) is 0 Å². The van der Waals surface area contributed by atoms with Gasteiger partial charge in [0.2, 0.25) is 0 Å². The van der Waals surface area contributed by atoms with Gasteiger partial charge in [-0.05, 0) is 11.6 Å². The summed E-state index contributed by atoms with van der Waals surface area (Å²) in [4.78, 5) is 0. The van der Waals surface area contributed by atoms with E-state index in [4.69, 9.17) is 0 Å². The third-order valence-corrected chi connectivity index (χ3v) is 1.64. The zero-order chi connectivity index (χ0) is 8.81. The summed E-state index contributed by atoms with van der Waals surface area (Å²) >= 11 is 4.01. The largest absolute Gasteiger partial charge is 0.166 e. The minimum Gasteiger partial charge on any atom is -0.166 e. The third kappa shape index (κ3) is 2.18. The molecule has 0 unspecified atom stereocenters. The lowest BCUT2D eigenvalue weighted by Crippen LogP contribution is -1.79. The number of benzene rings is 1. The standard InChI is InChI=1S/C11H10S/c1-2-10-6-3-4-7-11(10)8-5-9-12/h2-4,6-7,12H,1,9H2. The van der Waals surface area contributed by atoms with Crippen molar-refractivity contribution in [2.45, 2.75) is 0 Å². The lowest BCUT2D eigenvalue weighted by Gasteiger charge is -1.95. The van der Waals surface area contributed by atoms with Crippen LogP contribution in [0.15, 0.2) is 30.8 Å². The molecule has 0 atom stereocenters. The number of hydrogen-bond acceptors (Lipinski definition) is 1. The molecular weight excluding hydrogens is 164 g/mol. The van der Waals surface area contributed by atoms with Crippen LogP contribution >= 0.6 is 12.6 Å². The first-order valence-corrected chi connectivity index (χ1v) is 4.33. The van der Waals surface area contributed by atoms with Crippen LogP contribution in [0.25, 0.3) is 6.08 Å². The monoisotopic (exact) mass is 174 g/mol. The van der Waals surface area contributed by atoms with Crippen LogP contribution in [0.5, 0.6) is 0 Å². The average Bonchev–Trinajstić information content (AvgIpc) is 2.15. The highest BCUT2D eigenvalue weighted by molar-refractivity contribution is 7.80. The van der Waals surface area contributed by atoms with Crippen LogP contribution in [0.1, 0.15) is 11.1 Å². The Morgan fingerprint density at radius 2 is 2.17 bits per heavy atom. The quantitative estimate of drug-likeness (QED) is 0.491. The average molecular weight is 174 g/mol. The van der Waals surface area contributed by atoms with Gasteiger partial charge in [0, 0.05) is 5.56 Å². The molecule has 0 fully saturated rings. The number of hydrogen-bond donors (Lipinski definition) is 1. The number of rotatable bonds is 1. The van der Waals surface area contributed by atoms with Crippen molar-refractivity contribution in [3.63, 3.8) is 0 Å². The van der Waals surface area contributed by atoms with Crippen molar-refractivity contribution in [1.29, 1.82) is 0 Å². The number of thiol groups is 1. The van der Waals surface area contributed by atoms with Crippen LogP contribution in [-0.2, 0) is 0 Å². The van der Waals surface area contributed by atoms with Gasteiger partial charge in [0.1, 0.15) is 0 Å². The fraction of sp³-hybridized carbons (Fsp3) is 0.0909. The van der Waals surface area contributed by atoms with Crippen LogP contribution in [0, 0.1) is 11.8 Å². The molecule has 1 rings (SSSR count). The van der Waals surface area contributed by atoms with Gasteiger partial charge >= 0.3 is 0 Å². The summed E-state index contributed by atoms with van der Waals surface area (Å²) < 4.78 is 0. The summed E-state index contributed by atoms with van der Waals surface area (Å²) in [6.45, 7) is 3.71. The van der Waals surface area contributed by atoms with E-state index in [1.165, 1.54) is 0 Å². The Morgan fingerprint density at radius 1 is 1.42 bits per heavy atom. The van der Waals surface area contributed by atoms with E-state index in [1.807, 2.05) is 30.3 Å². The zero-order valence-corrected chi connectivity index (χ0v) is 7.64. The maximum atomic E-state index is 4.01. The molecule has 0 heterocycles. The Balaban J connectivity index is 3.05. The SMILES string of the molecule is C=Cc1ccccc1C#CCS. The lowest BCUT2D eigenvalue weighted by atomic mass is 10.1. The fourth-order valence-electron chi connectivity index (χ4n) is 0.924. The Morgan fingerprint density at radius 3 is 2.83 bits per heavy atom. The first kappa shape index (κ1) is 8.96. The molecule has 12 heavy (non-hydrogen) atoms. The first-order valence-electron chi connectivity index (χ1n) is 3.69. The van der Waals surface area contributed by atoms with E-state index < -0.39 is 0 Å². The normalized spacial score (nSPS) is 8.42. The molecule has 1 aromatic carbocycles. The second kappa shape index (κ2) is 4.69. The van der Waals surface area contributed by atoms with E-state index >= 15 is 0 Å². The van der Waals surface area contributed by atoms with Gasteiger partial charge in [-0.15, -0.1) is 0 Å². The molecule has 0 radical (unpaired) electrons. The minimum atomic E-state index is 0.589. The molecule has 0 nitrogen and oxygen atoms in total. The molecule has 1 aromatic rings. The van der Waals surface area contributed by atoms with Crippen molar-refractivity contribution < 1.29 is 0 Å². The predicted molar refractivity (Wildman–Crippen MR) is 57.3 cm³/mol. The summed E-state index contributed by atoms with van der Waals surface area (Å²) in [7, 11) is 0. The van der Waals surface area contributed by atoms with Crippen molar-refractivity contribution in [2.24, 2.45) is 0 Å². The van der Waals surface area contributed by atoms with Crippen molar-refractivity contribution in [2.75, 3.05) is 5.75 Å². The minimum absolute atomic E-state index is 0.589. The molecule has 0 aliphatic heterocycles. The Kier molecular flexibility index (Phi) is 3.50. The van der Waals surface area contributed by atoms with Crippen LogP contribution < -0.4 is 0 Å². The van der Waals surface area contributed by atoms with E-state index in [-0.39, 0.29) is 0 Å². The molecule has 0 bridgehead atoms. The van der Waals surface area contributed by atoms with E-state index in [1.54, 1.807) is 0 Å². The predicted octanol–water partition coefficient (Wildman–Crippen LogP) is 2.61. The van der Waals surface area contributed by atoms with Gasteiger partial charge in [-0.1, -0.05) is 42.7 Å². The smallest absolute Gasteiger partial charge is 0.0521 e. The Bertz CT molecular complexity index is 328. The van der Waals surface area contributed by atoms with E-state index in [0.29, 0.717) is 5.75 Å². The van der Waals surface area contributed by atoms with Crippen molar-refractivity contribution in [3.8, 4) is 11.8 Å². The Labute approximate surface area is 78.7 Å². The molecule has 0 aromatic heterocycles. The van der Waals surface area contributed by atoms with Crippen LogP contribution in [0.4, 0.5) is 0 Å². The van der Waals surface area contributed by atoms with Gasteiger partial charge in [0.05, 0.1) is 5.75 Å². The van der Waals surface area contributed by atoms with E-state index in [0.717, 1.165) is 11.1 Å². The molecule has 0 saturated carbocycles. The molecule has 0 saturated heterocycles. The van der Waals surface area contributed by atoms with E-state index in [2.05, 4.69) is 31.0 Å². The second-order valence-corrected chi connectivity index (χ2v) is 2.57. The molecule has 0 spiro atoms. The van der Waals surface area contributed by atoms with Gasteiger partial charge in [-0.25, -0.2) is 0 Å². The molecule has 0 N–H and O–H groups in total. The first-order chi connectivity index (χ1) is 5.88. The van der Waals surface area contributed by atoms with Gasteiger partial charge in [-0.2, -0.15) is 12.6 Å². The van der Waals surface area contributed by atoms with E-state index in [9.17, 15) is 0 Å². The van der Waals surface area contributed by atoms with Gasteiger partial charge in [0.15, 0.2) is 0 Å². The maximum Gasteiger partial charge on any atom is 0.0521 e. The molecular formula is C11H10S. The van der Waals surface area contributed by atoms with Crippen molar-refractivity contribution >= 4 is 18.7 Å². The van der Waals surface area contributed by atoms with Gasteiger partial charge < -0.3 is 0 Å². The molecule has 0 amide bonds. The molecule has 60 valence electrons.